The summed E-state index contributed by atoms with van der Waals surface area (Å²) < 4.78 is 0. The van der Waals surface area contributed by atoms with Crippen LogP contribution >= 0.6 is 11.6 Å². The fraction of sp³-hybridized carbons (Fsp3) is 0.500. The van der Waals surface area contributed by atoms with Crippen molar-refractivity contribution in [1.82, 2.24) is 9.88 Å². The van der Waals surface area contributed by atoms with Crippen LogP contribution in [0.3, 0.4) is 0 Å². The predicted molar refractivity (Wildman–Crippen MR) is 71.6 cm³/mol. The van der Waals surface area contributed by atoms with Gasteiger partial charge in [-0.05, 0) is 18.6 Å². The molecule has 0 spiro atoms. The number of aromatic nitrogens is 1. The number of nitrogen functional groups attached to an aromatic ring is 1. The van der Waals surface area contributed by atoms with Gasteiger partial charge in [0, 0.05) is 18.7 Å². The van der Waals surface area contributed by atoms with E-state index in [9.17, 15) is 4.79 Å². The Morgan fingerprint density at radius 1 is 1.50 bits per heavy atom. The van der Waals surface area contributed by atoms with E-state index in [1.165, 1.54) is 12.1 Å². The molecule has 5 nitrogen and oxygen atoms in total. The molecule has 0 saturated heterocycles. The van der Waals surface area contributed by atoms with Crippen LogP contribution in [0.1, 0.15) is 30.1 Å². The van der Waals surface area contributed by atoms with Gasteiger partial charge in [0.2, 0.25) is 0 Å². The second kappa shape index (κ2) is 7.18. The van der Waals surface area contributed by atoms with Crippen molar-refractivity contribution in [1.29, 1.82) is 0 Å². The highest BCUT2D eigenvalue weighted by molar-refractivity contribution is 6.29. The molecule has 0 fully saturated rings. The predicted octanol–water partition coefficient (Wildman–Crippen LogP) is 1.55. The van der Waals surface area contributed by atoms with E-state index < -0.39 is 0 Å². The Bertz CT molecular complexity index is 392. The molecule has 3 N–H and O–H groups in total. The fourth-order valence-electron chi connectivity index (χ4n) is 1.61. The van der Waals surface area contributed by atoms with Crippen LogP contribution < -0.4 is 5.73 Å². The standard InChI is InChI=1S/C12H18ClN3O2/c1-2-3-4-16(5-6-17)12(18)9-7-10(13)15-11(14)8-9/h7-8,17H,2-6H2,1H3,(H2,14,15). The van der Waals surface area contributed by atoms with Gasteiger partial charge in [0.25, 0.3) is 5.91 Å². The average Bonchev–Trinajstić information content (AvgIpc) is 2.32. The van der Waals surface area contributed by atoms with Crippen molar-refractivity contribution in [3.63, 3.8) is 0 Å². The van der Waals surface area contributed by atoms with E-state index in [-0.39, 0.29) is 23.5 Å². The first-order chi connectivity index (χ1) is 8.58. The lowest BCUT2D eigenvalue weighted by atomic mass is 10.2. The number of anilines is 1. The number of carbonyl (C=O) groups is 1. The highest BCUT2D eigenvalue weighted by Crippen LogP contribution is 2.14. The molecule has 0 bridgehead atoms. The van der Waals surface area contributed by atoms with E-state index in [0.717, 1.165) is 12.8 Å². The molecule has 1 amide bonds. The Morgan fingerprint density at radius 2 is 2.22 bits per heavy atom. The molecule has 0 radical (unpaired) electrons. The number of aliphatic hydroxyl groups excluding tert-OH is 1. The van der Waals surface area contributed by atoms with E-state index in [4.69, 9.17) is 22.4 Å². The van der Waals surface area contributed by atoms with Gasteiger partial charge in [0.05, 0.1) is 6.61 Å². The first-order valence-electron chi connectivity index (χ1n) is 5.91. The second-order valence-corrected chi connectivity index (χ2v) is 4.36. The summed E-state index contributed by atoms with van der Waals surface area (Å²) >= 11 is 5.77. The molecule has 1 aromatic heterocycles. The van der Waals surface area contributed by atoms with Crippen molar-refractivity contribution in [2.24, 2.45) is 0 Å². The minimum absolute atomic E-state index is 0.0657. The lowest BCUT2D eigenvalue weighted by Crippen LogP contribution is -2.34. The number of nitrogens with zero attached hydrogens (tertiary/aromatic N) is 2. The summed E-state index contributed by atoms with van der Waals surface area (Å²) in [4.78, 5) is 17.6. The van der Waals surface area contributed by atoms with Crippen molar-refractivity contribution >= 4 is 23.3 Å². The normalized spacial score (nSPS) is 10.4. The van der Waals surface area contributed by atoms with Crippen molar-refractivity contribution in [3.8, 4) is 0 Å². The third-order valence-corrected chi connectivity index (χ3v) is 2.69. The van der Waals surface area contributed by atoms with E-state index in [0.29, 0.717) is 18.7 Å². The molecule has 1 aromatic rings. The lowest BCUT2D eigenvalue weighted by molar-refractivity contribution is 0.0719. The number of amides is 1. The van der Waals surface area contributed by atoms with Crippen molar-refractivity contribution in [2.75, 3.05) is 25.4 Å². The highest BCUT2D eigenvalue weighted by atomic mass is 35.5. The Morgan fingerprint density at radius 3 is 2.78 bits per heavy atom. The Hall–Kier alpha value is -1.33. The van der Waals surface area contributed by atoms with E-state index in [2.05, 4.69) is 4.98 Å². The van der Waals surface area contributed by atoms with Crippen LogP contribution in [0.15, 0.2) is 12.1 Å². The fourth-order valence-corrected chi connectivity index (χ4v) is 1.82. The zero-order valence-electron chi connectivity index (χ0n) is 10.4. The van der Waals surface area contributed by atoms with Gasteiger partial charge >= 0.3 is 0 Å². The molecule has 1 heterocycles. The van der Waals surface area contributed by atoms with Crippen LogP contribution in [0.25, 0.3) is 0 Å². The van der Waals surface area contributed by atoms with Crippen molar-refractivity contribution in [2.45, 2.75) is 19.8 Å². The van der Waals surface area contributed by atoms with Gasteiger partial charge < -0.3 is 15.7 Å². The molecule has 0 saturated carbocycles. The van der Waals surface area contributed by atoms with Crippen LogP contribution in [-0.2, 0) is 0 Å². The third-order valence-electron chi connectivity index (χ3n) is 2.50. The van der Waals surface area contributed by atoms with Gasteiger partial charge in [-0.1, -0.05) is 24.9 Å². The topological polar surface area (TPSA) is 79.5 Å². The largest absolute Gasteiger partial charge is 0.395 e. The molecule has 0 aromatic carbocycles. The molecular formula is C12H18ClN3O2. The van der Waals surface area contributed by atoms with Crippen molar-refractivity contribution < 1.29 is 9.90 Å². The van der Waals surface area contributed by atoms with Crippen molar-refractivity contribution in [3.05, 3.63) is 22.8 Å². The summed E-state index contributed by atoms with van der Waals surface area (Å²) in [5, 5.41) is 9.18. The van der Waals surface area contributed by atoms with Gasteiger partial charge in [-0.15, -0.1) is 0 Å². The number of carbonyl (C=O) groups excluding carboxylic acids is 1. The quantitative estimate of drug-likeness (QED) is 0.770. The van der Waals surface area contributed by atoms with Crippen LogP contribution in [0.4, 0.5) is 5.82 Å². The summed E-state index contributed by atoms with van der Waals surface area (Å²) in [5.74, 6) is 0.0267. The van der Waals surface area contributed by atoms with Gasteiger partial charge in [0.15, 0.2) is 0 Å². The molecule has 1 rings (SSSR count). The summed E-state index contributed by atoms with van der Waals surface area (Å²) in [6, 6.07) is 2.97. The Labute approximate surface area is 112 Å². The first-order valence-corrected chi connectivity index (χ1v) is 6.29. The van der Waals surface area contributed by atoms with Gasteiger partial charge in [0.1, 0.15) is 11.0 Å². The van der Waals surface area contributed by atoms with E-state index >= 15 is 0 Å². The van der Waals surface area contributed by atoms with Crippen LogP contribution in [0.2, 0.25) is 5.15 Å². The van der Waals surface area contributed by atoms with Gasteiger partial charge in [-0.2, -0.15) is 0 Å². The molecule has 0 unspecified atom stereocenters. The molecular weight excluding hydrogens is 254 g/mol. The number of halogens is 1. The highest BCUT2D eigenvalue weighted by Gasteiger charge is 2.16. The van der Waals surface area contributed by atoms with Crippen LogP contribution in [-0.4, -0.2) is 40.6 Å². The minimum atomic E-state index is -0.187. The molecule has 0 aliphatic heterocycles. The maximum atomic E-state index is 12.2. The number of aliphatic hydroxyl groups is 1. The number of hydrogen-bond donors (Lipinski definition) is 2. The molecule has 0 aliphatic rings. The number of pyridine rings is 1. The minimum Gasteiger partial charge on any atom is -0.395 e. The zero-order chi connectivity index (χ0) is 13.5. The van der Waals surface area contributed by atoms with Crippen LogP contribution in [0, 0.1) is 0 Å². The van der Waals surface area contributed by atoms with E-state index in [1.54, 1.807) is 4.90 Å². The van der Waals surface area contributed by atoms with Gasteiger partial charge in [-0.3, -0.25) is 4.79 Å². The number of rotatable bonds is 6. The number of nitrogens with two attached hydrogens (primary N) is 1. The lowest BCUT2D eigenvalue weighted by Gasteiger charge is -2.21. The monoisotopic (exact) mass is 271 g/mol. The van der Waals surface area contributed by atoms with E-state index in [1.807, 2.05) is 6.92 Å². The number of hydrogen-bond acceptors (Lipinski definition) is 4. The molecule has 0 atom stereocenters. The smallest absolute Gasteiger partial charge is 0.254 e. The zero-order valence-corrected chi connectivity index (χ0v) is 11.2. The summed E-state index contributed by atoms with van der Waals surface area (Å²) in [6.07, 6.45) is 1.87. The summed E-state index contributed by atoms with van der Waals surface area (Å²) in [6.45, 7) is 2.89. The average molecular weight is 272 g/mol. The molecule has 0 aliphatic carbocycles. The summed E-state index contributed by atoms with van der Waals surface area (Å²) in [7, 11) is 0. The second-order valence-electron chi connectivity index (χ2n) is 3.97. The SMILES string of the molecule is CCCCN(CCO)C(=O)c1cc(N)nc(Cl)c1. The number of unbranched alkanes of at least 4 members (excludes halogenated alkanes) is 1. The molecule has 6 heteroatoms. The van der Waals surface area contributed by atoms with Gasteiger partial charge in [-0.25, -0.2) is 4.98 Å². The van der Waals surface area contributed by atoms with Crippen LogP contribution in [0.5, 0.6) is 0 Å². The Balaban J connectivity index is 2.86. The third kappa shape index (κ3) is 4.16. The Kier molecular flexibility index (Phi) is 5.88. The maximum Gasteiger partial charge on any atom is 0.254 e. The first kappa shape index (κ1) is 14.7. The molecule has 100 valence electrons. The molecule has 18 heavy (non-hydrogen) atoms. The summed E-state index contributed by atoms with van der Waals surface area (Å²) in [5.41, 5.74) is 5.96. The maximum absolute atomic E-state index is 12.2.